The van der Waals surface area contributed by atoms with E-state index < -0.39 is 0 Å². The van der Waals surface area contributed by atoms with E-state index in [1.807, 2.05) is 6.07 Å². The van der Waals surface area contributed by atoms with Crippen LogP contribution in [0.5, 0.6) is 0 Å². The summed E-state index contributed by atoms with van der Waals surface area (Å²) in [5.41, 5.74) is 2.60. The molecule has 0 heterocycles. The van der Waals surface area contributed by atoms with Crippen molar-refractivity contribution in [2.75, 3.05) is 6.54 Å². The minimum atomic E-state index is 0.437. The average Bonchev–Trinajstić information content (AvgIpc) is 2.28. The van der Waals surface area contributed by atoms with Gasteiger partial charge in [-0.1, -0.05) is 52.7 Å². The first-order valence-electron chi connectivity index (χ1n) is 5.81. The summed E-state index contributed by atoms with van der Waals surface area (Å²) in [6.07, 6.45) is 3.41. The Bertz CT molecular complexity index is 358. The van der Waals surface area contributed by atoms with Crippen molar-refractivity contribution in [2.24, 2.45) is 0 Å². The van der Waals surface area contributed by atoms with Gasteiger partial charge in [0.15, 0.2) is 0 Å². The molecule has 1 nitrogen and oxygen atoms in total. The van der Waals surface area contributed by atoms with Gasteiger partial charge in [0.05, 0.1) is 0 Å². The Labute approximate surface area is 107 Å². The first-order chi connectivity index (χ1) is 7.65. The minimum Gasteiger partial charge on any atom is -0.311 e. The molecule has 0 saturated heterocycles. The van der Waals surface area contributed by atoms with Crippen LogP contribution in [0.3, 0.4) is 0 Å². The highest BCUT2D eigenvalue weighted by atomic mass is 79.9. The van der Waals surface area contributed by atoms with E-state index in [1.54, 1.807) is 0 Å². The maximum atomic E-state index is 3.56. The molecule has 1 unspecified atom stereocenters. The Balaban J connectivity index is 2.72. The molecule has 1 rings (SSSR count). The van der Waals surface area contributed by atoms with E-state index in [0.717, 1.165) is 11.0 Å². The molecule has 0 aliphatic rings. The van der Waals surface area contributed by atoms with E-state index in [0.29, 0.717) is 6.04 Å². The highest BCUT2D eigenvalue weighted by Crippen LogP contribution is 2.19. The van der Waals surface area contributed by atoms with Crippen LogP contribution in [-0.4, -0.2) is 12.6 Å². The summed E-state index contributed by atoms with van der Waals surface area (Å²) in [6.45, 7) is 7.64. The number of halogens is 1. The van der Waals surface area contributed by atoms with E-state index in [1.165, 1.54) is 17.6 Å². The van der Waals surface area contributed by atoms with Crippen molar-refractivity contribution in [1.82, 2.24) is 5.32 Å². The normalized spacial score (nSPS) is 13.9. The summed E-state index contributed by atoms with van der Waals surface area (Å²) < 4.78 is 1.15. The molecule has 0 amide bonds. The minimum absolute atomic E-state index is 0.437. The van der Waals surface area contributed by atoms with Gasteiger partial charge in [0.25, 0.3) is 0 Å². The first kappa shape index (κ1) is 13.5. The standard InChI is InChI=1S/C14H20BrN/c1-4-9-16-12(3)11(2)10-13-7-5-6-8-14(13)15/h5-8,10,12,16H,4,9H2,1-3H3/b11-10+. The van der Waals surface area contributed by atoms with Gasteiger partial charge >= 0.3 is 0 Å². The van der Waals surface area contributed by atoms with Gasteiger partial charge in [0.2, 0.25) is 0 Å². The second-order valence-electron chi connectivity index (χ2n) is 4.09. The maximum absolute atomic E-state index is 3.56. The van der Waals surface area contributed by atoms with Crippen LogP contribution < -0.4 is 5.32 Å². The van der Waals surface area contributed by atoms with E-state index in [4.69, 9.17) is 0 Å². The monoisotopic (exact) mass is 281 g/mol. The summed E-state index contributed by atoms with van der Waals surface area (Å²) >= 11 is 3.56. The molecule has 88 valence electrons. The van der Waals surface area contributed by atoms with Gasteiger partial charge in [-0.05, 0) is 38.4 Å². The predicted octanol–water partition coefficient (Wildman–Crippen LogP) is 4.24. The first-order valence-corrected chi connectivity index (χ1v) is 6.60. The third kappa shape index (κ3) is 4.11. The van der Waals surface area contributed by atoms with E-state index in [-0.39, 0.29) is 0 Å². The molecule has 0 bridgehead atoms. The van der Waals surface area contributed by atoms with Crippen molar-refractivity contribution in [1.29, 1.82) is 0 Å². The van der Waals surface area contributed by atoms with Crippen molar-refractivity contribution in [3.8, 4) is 0 Å². The molecule has 0 radical (unpaired) electrons. The van der Waals surface area contributed by atoms with Crippen LogP contribution in [0.1, 0.15) is 32.8 Å². The van der Waals surface area contributed by atoms with Gasteiger partial charge in [-0.25, -0.2) is 0 Å². The average molecular weight is 282 g/mol. The van der Waals surface area contributed by atoms with Crippen LogP contribution >= 0.6 is 15.9 Å². The summed E-state index contributed by atoms with van der Waals surface area (Å²) in [7, 11) is 0. The molecule has 1 N–H and O–H groups in total. The van der Waals surface area contributed by atoms with Crippen molar-refractivity contribution >= 4 is 22.0 Å². The molecule has 0 aliphatic carbocycles. The Morgan fingerprint density at radius 2 is 2.12 bits per heavy atom. The Morgan fingerprint density at radius 1 is 1.44 bits per heavy atom. The molecule has 0 saturated carbocycles. The zero-order chi connectivity index (χ0) is 12.0. The molecule has 0 aliphatic heterocycles. The molecule has 2 heteroatoms. The molecule has 1 aromatic rings. The van der Waals surface area contributed by atoms with Crippen molar-refractivity contribution in [3.63, 3.8) is 0 Å². The number of hydrogen-bond donors (Lipinski definition) is 1. The zero-order valence-corrected chi connectivity index (χ0v) is 11.8. The Kier molecular flexibility index (Phi) is 5.78. The third-order valence-corrected chi connectivity index (χ3v) is 3.39. The quantitative estimate of drug-likeness (QED) is 0.851. The SMILES string of the molecule is CCCNC(C)/C(C)=C/c1ccccc1Br. The molecular formula is C14H20BrN. The van der Waals surface area contributed by atoms with Crippen LogP contribution in [-0.2, 0) is 0 Å². The summed E-state index contributed by atoms with van der Waals surface area (Å²) in [5.74, 6) is 0. The van der Waals surface area contributed by atoms with Crippen LogP contribution in [0.15, 0.2) is 34.3 Å². The maximum Gasteiger partial charge on any atom is 0.0251 e. The van der Waals surface area contributed by atoms with Crippen molar-refractivity contribution < 1.29 is 0 Å². The molecule has 16 heavy (non-hydrogen) atoms. The van der Waals surface area contributed by atoms with Gasteiger partial charge in [-0.15, -0.1) is 0 Å². The fourth-order valence-corrected chi connectivity index (χ4v) is 1.88. The van der Waals surface area contributed by atoms with Crippen LogP contribution in [0.2, 0.25) is 0 Å². The van der Waals surface area contributed by atoms with Gasteiger partial charge in [-0.2, -0.15) is 0 Å². The fourth-order valence-electron chi connectivity index (χ4n) is 1.48. The van der Waals surface area contributed by atoms with E-state index in [2.05, 4.69) is 66.3 Å². The lowest BCUT2D eigenvalue weighted by molar-refractivity contribution is 0.604. The number of nitrogens with one attached hydrogen (secondary N) is 1. The molecule has 0 spiro atoms. The van der Waals surface area contributed by atoms with Crippen molar-refractivity contribution in [3.05, 3.63) is 39.9 Å². The van der Waals surface area contributed by atoms with Gasteiger partial charge in [0.1, 0.15) is 0 Å². The smallest absolute Gasteiger partial charge is 0.0251 e. The van der Waals surface area contributed by atoms with Gasteiger partial charge in [0, 0.05) is 10.5 Å². The lowest BCUT2D eigenvalue weighted by Gasteiger charge is -2.14. The zero-order valence-electron chi connectivity index (χ0n) is 10.3. The molecular weight excluding hydrogens is 262 g/mol. The topological polar surface area (TPSA) is 12.0 Å². The number of rotatable bonds is 5. The predicted molar refractivity (Wildman–Crippen MR) is 75.5 cm³/mol. The summed E-state index contributed by atoms with van der Waals surface area (Å²) in [4.78, 5) is 0. The molecule has 1 atom stereocenters. The van der Waals surface area contributed by atoms with E-state index in [9.17, 15) is 0 Å². The highest BCUT2D eigenvalue weighted by molar-refractivity contribution is 9.10. The second kappa shape index (κ2) is 6.87. The lowest BCUT2D eigenvalue weighted by atomic mass is 10.1. The number of hydrogen-bond acceptors (Lipinski definition) is 1. The number of benzene rings is 1. The van der Waals surface area contributed by atoms with Crippen molar-refractivity contribution in [2.45, 2.75) is 33.2 Å². The van der Waals surface area contributed by atoms with Crippen LogP contribution in [0.4, 0.5) is 0 Å². The van der Waals surface area contributed by atoms with E-state index >= 15 is 0 Å². The van der Waals surface area contributed by atoms with Crippen LogP contribution in [0.25, 0.3) is 6.08 Å². The third-order valence-electron chi connectivity index (χ3n) is 2.67. The second-order valence-corrected chi connectivity index (χ2v) is 4.94. The van der Waals surface area contributed by atoms with Gasteiger partial charge < -0.3 is 5.32 Å². The molecule has 0 fully saturated rings. The fraction of sp³-hybridized carbons (Fsp3) is 0.429. The lowest BCUT2D eigenvalue weighted by Crippen LogP contribution is -2.27. The van der Waals surface area contributed by atoms with Gasteiger partial charge in [-0.3, -0.25) is 0 Å². The highest BCUT2D eigenvalue weighted by Gasteiger charge is 2.03. The van der Waals surface area contributed by atoms with Crippen LogP contribution in [0, 0.1) is 0 Å². The largest absolute Gasteiger partial charge is 0.311 e. The molecule has 1 aromatic carbocycles. The summed E-state index contributed by atoms with van der Waals surface area (Å²) in [5, 5.41) is 3.49. The summed E-state index contributed by atoms with van der Waals surface area (Å²) in [6, 6.07) is 8.74. The Hall–Kier alpha value is -0.600. The molecule has 0 aromatic heterocycles. The Morgan fingerprint density at radius 3 is 2.75 bits per heavy atom.